The van der Waals surface area contributed by atoms with Gasteiger partial charge in [-0.05, 0) is 49.6 Å². The van der Waals surface area contributed by atoms with Crippen LogP contribution in [0.3, 0.4) is 0 Å². The van der Waals surface area contributed by atoms with Crippen LogP contribution in [0.25, 0.3) is 0 Å². The molecule has 3 heteroatoms. The zero-order valence-corrected chi connectivity index (χ0v) is 12.5. The molecule has 0 saturated heterocycles. The molecule has 20 heavy (non-hydrogen) atoms. The first-order valence-corrected chi connectivity index (χ1v) is 6.64. The highest BCUT2D eigenvalue weighted by molar-refractivity contribution is 5.56. The first-order chi connectivity index (χ1) is 9.51. The molecule has 2 aromatic rings. The molecule has 0 aliphatic carbocycles. The zero-order valence-electron chi connectivity index (χ0n) is 12.5. The number of benzene rings is 2. The molecule has 0 spiro atoms. The second-order valence-corrected chi connectivity index (χ2v) is 5.07. The van der Waals surface area contributed by atoms with E-state index < -0.39 is 0 Å². The minimum atomic E-state index is 0.522. The van der Waals surface area contributed by atoms with E-state index in [0.717, 1.165) is 5.75 Å². The van der Waals surface area contributed by atoms with Gasteiger partial charge in [0.15, 0.2) is 0 Å². The fourth-order valence-corrected chi connectivity index (χ4v) is 2.37. The molecule has 3 nitrogen and oxygen atoms in total. The van der Waals surface area contributed by atoms with E-state index in [0.29, 0.717) is 18.0 Å². The Bertz CT molecular complexity index is 597. The number of nitrogens with two attached hydrogens (primary N) is 1. The van der Waals surface area contributed by atoms with Crippen LogP contribution in [-0.2, 0) is 6.61 Å². The lowest BCUT2D eigenvalue weighted by molar-refractivity contribution is 0.305. The van der Waals surface area contributed by atoms with E-state index in [9.17, 15) is 0 Å². The number of anilines is 1. The van der Waals surface area contributed by atoms with Crippen molar-refractivity contribution in [3.63, 3.8) is 0 Å². The van der Waals surface area contributed by atoms with Crippen molar-refractivity contribution in [1.82, 2.24) is 0 Å². The second-order valence-electron chi connectivity index (χ2n) is 5.07. The molecule has 0 fully saturated rings. The van der Waals surface area contributed by atoms with Crippen molar-refractivity contribution in [1.29, 1.82) is 0 Å². The van der Waals surface area contributed by atoms with Gasteiger partial charge in [0.2, 0.25) is 0 Å². The summed E-state index contributed by atoms with van der Waals surface area (Å²) in [4.78, 5) is 0. The Balaban J connectivity index is 2.17. The summed E-state index contributed by atoms with van der Waals surface area (Å²) in [6.45, 7) is 6.84. The minimum Gasteiger partial charge on any atom is -0.497 e. The lowest BCUT2D eigenvalue weighted by Gasteiger charge is -2.14. The first kappa shape index (κ1) is 14.3. The molecule has 0 bridgehead atoms. The van der Waals surface area contributed by atoms with Gasteiger partial charge in [0.05, 0.1) is 12.8 Å². The van der Waals surface area contributed by atoms with Crippen molar-refractivity contribution >= 4 is 5.69 Å². The van der Waals surface area contributed by atoms with Gasteiger partial charge in [-0.15, -0.1) is 0 Å². The van der Waals surface area contributed by atoms with Crippen molar-refractivity contribution in [3.05, 3.63) is 52.6 Å². The van der Waals surface area contributed by atoms with Gasteiger partial charge in [0, 0.05) is 6.07 Å². The van der Waals surface area contributed by atoms with Gasteiger partial charge in [-0.25, -0.2) is 0 Å². The average Bonchev–Trinajstić information content (AvgIpc) is 2.39. The largest absolute Gasteiger partial charge is 0.497 e. The maximum Gasteiger partial charge on any atom is 0.142 e. The van der Waals surface area contributed by atoms with Crippen LogP contribution < -0.4 is 15.2 Å². The summed E-state index contributed by atoms with van der Waals surface area (Å²) in [5.74, 6) is 1.42. The van der Waals surface area contributed by atoms with E-state index in [1.54, 1.807) is 13.2 Å². The fourth-order valence-electron chi connectivity index (χ4n) is 2.37. The van der Waals surface area contributed by atoms with Gasteiger partial charge in [0.25, 0.3) is 0 Å². The number of methoxy groups -OCH3 is 1. The van der Waals surface area contributed by atoms with Crippen LogP contribution in [0.4, 0.5) is 5.69 Å². The van der Waals surface area contributed by atoms with Crippen molar-refractivity contribution in [2.45, 2.75) is 27.4 Å². The molecule has 0 aliphatic rings. The minimum absolute atomic E-state index is 0.522. The summed E-state index contributed by atoms with van der Waals surface area (Å²) in [7, 11) is 1.62. The van der Waals surface area contributed by atoms with Gasteiger partial charge >= 0.3 is 0 Å². The molecule has 0 radical (unpaired) electrons. The Morgan fingerprint density at radius 2 is 1.65 bits per heavy atom. The second kappa shape index (κ2) is 5.87. The smallest absolute Gasteiger partial charge is 0.142 e. The summed E-state index contributed by atoms with van der Waals surface area (Å²) in [5, 5.41) is 0. The SMILES string of the molecule is COc1ccc(OCc2c(C)cc(C)cc2C)c(N)c1. The van der Waals surface area contributed by atoms with Crippen LogP contribution in [0.2, 0.25) is 0 Å². The molecular formula is C17H21NO2. The summed E-state index contributed by atoms with van der Waals surface area (Å²) in [5.41, 5.74) is 11.5. The summed E-state index contributed by atoms with van der Waals surface area (Å²) < 4.78 is 11.0. The van der Waals surface area contributed by atoms with Crippen molar-refractivity contribution in [2.75, 3.05) is 12.8 Å². The monoisotopic (exact) mass is 271 g/mol. The van der Waals surface area contributed by atoms with Crippen molar-refractivity contribution < 1.29 is 9.47 Å². The molecule has 106 valence electrons. The van der Waals surface area contributed by atoms with Crippen molar-refractivity contribution in [3.8, 4) is 11.5 Å². The average molecular weight is 271 g/mol. The Morgan fingerprint density at radius 3 is 2.20 bits per heavy atom. The highest BCUT2D eigenvalue weighted by Gasteiger charge is 2.07. The molecule has 2 aromatic carbocycles. The van der Waals surface area contributed by atoms with Crippen LogP contribution in [0.1, 0.15) is 22.3 Å². The molecule has 0 unspecified atom stereocenters. The summed E-state index contributed by atoms with van der Waals surface area (Å²) >= 11 is 0. The standard InChI is InChI=1S/C17H21NO2/c1-11-7-12(2)15(13(3)8-11)10-20-17-6-5-14(19-4)9-16(17)18/h5-9H,10,18H2,1-4H3. The van der Waals surface area contributed by atoms with Crippen LogP contribution in [0.5, 0.6) is 11.5 Å². The fraction of sp³-hybridized carbons (Fsp3) is 0.294. The molecule has 2 N–H and O–H groups in total. The predicted molar refractivity (Wildman–Crippen MR) is 82.4 cm³/mol. The highest BCUT2D eigenvalue weighted by Crippen LogP contribution is 2.28. The Hall–Kier alpha value is -2.16. The highest BCUT2D eigenvalue weighted by atomic mass is 16.5. The molecule has 0 amide bonds. The molecule has 0 aromatic heterocycles. The van der Waals surface area contributed by atoms with Gasteiger partial charge in [0.1, 0.15) is 18.1 Å². The molecule has 0 atom stereocenters. The number of ether oxygens (including phenoxy) is 2. The molecule has 2 rings (SSSR count). The quantitative estimate of drug-likeness (QED) is 0.861. The zero-order chi connectivity index (χ0) is 14.7. The van der Waals surface area contributed by atoms with E-state index >= 15 is 0 Å². The Kier molecular flexibility index (Phi) is 4.18. The van der Waals surface area contributed by atoms with E-state index in [2.05, 4.69) is 32.9 Å². The summed E-state index contributed by atoms with van der Waals surface area (Å²) in [6.07, 6.45) is 0. The van der Waals surface area contributed by atoms with Crippen LogP contribution in [0.15, 0.2) is 30.3 Å². The third kappa shape index (κ3) is 3.05. The van der Waals surface area contributed by atoms with E-state index in [1.165, 1.54) is 22.3 Å². The lowest BCUT2D eigenvalue weighted by atomic mass is 10.0. The van der Waals surface area contributed by atoms with Crippen molar-refractivity contribution in [2.24, 2.45) is 0 Å². The molecule has 0 aliphatic heterocycles. The van der Waals surface area contributed by atoms with Crippen LogP contribution >= 0.6 is 0 Å². The van der Waals surface area contributed by atoms with E-state index in [4.69, 9.17) is 15.2 Å². The number of hydrogen-bond donors (Lipinski definition) is 1. The van der Waals surface area contributed by atoms with E-state index in [-0.39, 0.29) is 0 Å². The number of nitrogen functional groups attached to an aromatic ring is 1. The lowest BCUT2D eigenvalue weighted by Crippen LogP contribution is -2.03. The molecule has 0 heterocycles. The number of aryl methyl sites for hydroxylation is 3. The van der Waals surface area contributed by atoms with Crippen LogP contribution in [-0.4, -0.2) is 7.11 Å². The Morgan fingerprint density at radius 1 is 1.00 bits per heavy atom. The molecule has 0 saturated carbocycles. The first-order valence-electron chi connectivity index (χ1n) is 6.64. The third-order valence-electron chi connectivity index (χ3n) is 3.43. The predicted octanol–water partition coefficient (Wildman–Crippen LogP) is 3.78. The maximum atomic E-state index is 5.96. The van der Waals surface area contributed by atoms with Gasteiger partial charge < -0.3 is 15.2 Å². The maximum absolute atomic E-state index is 5.96. The normalized spacial score (nSPS) is 10.4. The van der Waals surface area contributed by atoms with Crippen LogP contribution in [0, 0.1) is 20.8 Å². The molecular weight excluding hydrogens is 250 g/mol. The van der Waals surface area contributed by atoms with Gasteiger partial charge in [-0.2, -0.15) is 0 Å². The third-order valence-corrected chi connectivity index (χ3v) is 3.43. The Labute approximate surface area is 120 Å². The van der Waals surface area contributed by atoms with Gasteiger partial charge in [-0.3, -0.25) is 0 Å². The topological polar surface area (TPSA) is 44.5 Å². The van der Waals surface area contributed by atoms with E-state index in [1.807, 2.05) is 12.1 Å². The van der Waals surface area contributed by atoms with Gasteiger partial charge in [-0.1, -0.05) is 17.7 Å². The number of hydrogen-bond acceptors (Lipinski definition) is 3. The number of rotatable bonds is 4. The summed E-state index contributed by atoms with van der Waals surface area (Å²) in [6, 6.07) is 9.80.